The number of carbonyl (C=O) groups is 2. The second-order valence-electron chi connectivity index (χ2n) is 5.63. The fourth-order valence-corrected chi connectivity index (χ4v) is 3.01. The van der Waals surface area contributed by atoms with E-state index < -0.39 is 6.04 Å². The van der Waals surface area contributed by atoms with Gasteiger partial charge in [0.15, 0.2) is 0 Å². The second kappa shape index (κ2) is 8.67. The number of rotatable bonds is 6. The minimum absolute atomic E-state index is 0.0650. The van der Waals surface area contributed by atoms with Gasteiger partial charge in [0.25, 0.3) is 0 Å². The van der Waals surface area contributed by atoms with Crippen LogP contribution in [0.4, 0.5) is 0 Å². The van der Waals surface area contributed by atoms with Gasteiger partial charge in [0.2, 0.25) is 0 Å². The van der Waals surface area contributed by atoms with Gasteiger partial charge in [0.05, 0.1) is 19.1 Å². The summed E-state index contributed by atoms with van der Waals surface area (Å²) in [7, 11) is 0. The first-order chi connectivity index (χ1) is 11.2. The van der Waals surface area contributed by atoms with E-state index in [0.717, 1.165) is 5.56 Å². The van der Waals surface area contributed by atoms with Gasteiger partial charge in [0, 0.05) is 13.1 Å². The van der Waals surface area contributed by atoms with E-state index in [9.17, 15) is 9.59 Å². The Hall–Kier alpha value is -1.88. The van der Waals surface area contributed by atoms with E-state index in [1.165, 1.54) is 0 Å². The average molecular weight is 319 g/mol. The standard InChI is InChI=1S/C18H25NO4/c1-3-22-17(20)15-10-12-19(13-11-15)16(18(21)23-4-2)14-8-6-5-7-9-14/h5-9,15-16H,3-4,10-13H2,1-2H3/t16-/m1/s1. The molecule has 0 spiro atoms. The second-order valence-corrected chi connectivity index (χ2v) is 5.63. The molecule has 5 nitrogen and oxygen atoms in total. The average Bonchev–Trinajstić information content (AvgIpc) is 2.57. The third-order valence-electron chi connectivity index (χ3n) is 4.14. The molecule has 0 bridgehead atoms. The highest BCUT2D eigenvalue weighted by Gasteiger charge is 2.34. The first-order valence-electron chi connectivity index (χ1n) is 8.29. The van der Waals surface area contributed by atoms with Gasteiger partial charge in [-0.1, -0.05) is 30.3 Å². The zero-order chi connectivity index (χ0) is 16.7. The zero-order valence-corrected chi connectivity index (χ0v) is 13.9. The van der Waals surface area contributed by atoms with Crippen LogP contribution in [0.3, 0.4) is 0 Å². The van der Waals surface area contributed by atoms with Crippen LogP contribution in [0.2, 0.25) is 0 Å². The molecule has 0 amide bonds. The molecule has 0 unspecified atom stereocenters. The lowest BCUT2D eigenvalue weighted by Gasteiger charge is -2.35. The Morgan fingerprint density at radius 3 is 2.26 bits per heavy atom. The lowest BCUT2D eigenvalue weighted by molar-refractivity contribution is -0.152. The molecule has 1 fully saturated rings. The van der Waals surface area contributed by atoms with Gasteiger partial charge in [-0.3, -0.25) is 9.69 Å². The highest BCUT2D eigenvalue weighted by Crippen LogP contribution is 2.28. The molecule has 1 aromatic rings. The van der Waals surface area contributed by atoms with E-state index in [1.807, 2.05) is 44.2 Å². The molecule has 1 aliphatic heterocycles. The Balaban J connectivity index is 2.06. The molecule has 1 aliphatic rings. The minimum Gasteiger partial charge on any atom is -0.466 e. The van der Waals surface area contributed by atoms with Crippen molar-refractivity contribution in [1.29, 1.82) is 0 Å². The summed E-state index contributed by atoms with van der Waals surface area (Å²) in [5, 5.41) is 0. The number of esters is 2. The molecule has 1 saturated heterocycles. The number of benzene rings is 1. The molecule has 2 rings (SSSR count). The van der Waals surface area contributed by atoms with Crippen LogP contribution in [0, 0.1) is 5.92 Å². The molecule has 0 aliphatic carbocycles. The summed E-state index contributed by atoms with van der Waals surface area (Å²) in [4.78, 5) is 26.4. The van der Waals surface area contributed by atoms with E-state index in [2.05, 4.69) is 4.90 Å². The largest absolute Gasteiger partial charge is 0.466 e. The summed E-state index contributed by atoms with van der Waals surface area (Å²) in [6.45, 7) is 5.77. The van der Waals surface area contributed by atoms with Gasteiger partial charge in [-0.05, 0) is 32.3 Å². The van der Waals surface area contributed by atoms with Gasteiger partial charge in [0.1, 0.15) is 6.04 Å². The highest BCUT2D eigenvalue weighted by molar-refractivity contribution is 5.78. The third-order valence-corrected chi connectivity index (χ3v) is 4.14. The Bertz CT molecular complexity index is 509. The predicted octanol–water partition coefficient (Wildman–Crippen LogP) is 2.57. The van der Waals surface area contributed by atoms with Crippen LogP contribution in [0.5, 0.6) is 0 Å². The lowest BCUT2D eigenvalue weighted by Crippen LogP contribution is -2.42. The summed E-state index contributed by atoms with van der Waals surface area (Å²) in [5.74, 6) is -0.419. The van der Waals surface area contributed by atoms with Crippen LogP contribution in [0.15, 0.2) is 30.3 Å². The highest BCUT2D eigenvalue weighted by atomic mass is 16.5. The molecule has 1 atom stereocenters. The number of piperidine rings is 1. The van der Waals surface area contributed by atoms with Crippen molar-refractivity contribution in [3.05, 3.63) is 35.9 Å². The normalized spacial score (nSPS) is 17.5. The molecule has 0 saturated carbocycles. The van der Waals surface area contributed by atoms with Crippen molar-refractivity contribution in [2.24, 2.45) is 5.92 Å². The van der Waals surface area contributed by atoms with Crippen LogP contribution in [0.25, 0.3) is 0 Å². The van der Waals surface area contributed by atoms with E-state index in [0.29, 0.717) is 39.1 Å². The fourth-order valence-electron chi connectivity index (χ4n) is 3.01. The monoisotopic (exact) mass is 319 g/mol. The number of ether oxygens (including phenoxy) is 2. The van der Waals surface area contributed by atoms with Gasteiger partial charge in [-0.2, -0.15) is 0 Å². The Kier molecular flexibility index (Phi) is 6.59. The Morgan fingerprint density at radius 1 is 1.09 bits per heavy atom. The summed E-state index contributed by atoms with van der Waals surface area (Å²) in [5.41, 5.74) is 0.931. The maximum atomic E-state index is 12.4. The van der Waals surface area contributed by atoms with Crippen molar-refractivity contribution in [2.45, 2.75) is 32.7 Å². The quantitative estimate of drug-likeness (QED) is 0.754. The van der Waals surface area contributed by atoms with Gasteiger partial charge >= 0.3 is 11.9 Å². The van der Waals surface area contributed by atoms with E-state index in [1.54, 1.807) is 0 Å². The summed E-state index contributed by atoms with van der Waals surface area (Å²) >= 11 is 0. The van der Waals surface area contributed by atoms with Crippen LogP contribution < -0.4 is 0 Å². The zero-order valence-electron chi connectivity index (χ0n) is 13.9. The Labute approximate surface area is 137 Å². The maximum Gasteiger partial charge on any atom is 0.327 e. The number of hydrogen-bond donors (Lipinski definition) is 0. The van der Waals surface area contributed by atoms with Crippen LogP contribution in [-0.2, 0) is 19.1 Å². The summed E-state index contributed by atoms with van der Waals surface area (Å²) < 4.78 is 10.4. The molecule has 0 radical (unpaired) electrons. The van der Waals surface area contributed by atoms with Crippen molar-refractivity contribution in [1.82, 2.24) is 4.90 Å². The van der Waals surface area contributed by atoms with Crippen molar-refractivity contribution >= 4 is 11.9 Å². The van der Waals surface area contributed by atoms with Gasteiger partial charge in [-0.15, -0.1) is 0 Å². The molecule has 126 valence electrons. The predicted molar refractivity (Wildman–Crippen MR) is 86.7 cm³/mol. The van der Waals surface area contributed by atoms with E-state index in [4.69, 9.17) is 9.47 Å². The van der Waals surface area contributed by atoms with Crippen molar-refractivity contribution < 1.29 is 19.1 Å². The molecular formula is C18H25NO4. The Morgan fingerprint density at radius 2 is 1.70 bits per heavy atom. The number of carbonyl (C=O) groups excluding carboxylic acids is 2. The van der Waals surface area contributed by atoms with Crippen molar-refractivity contribution in [3.63, 3.8) is 0 Å². The topological polar surface area (TPSA) is 55.8 Å². The summed E-state index contributed by atoms with van der Waals surface area (Å²) in [6.07, 6.45) is 1.42. The van der Waals surface area contributed by atoms with Gasteiger partial charge in [-0.25, -0.2) is 4.79 Å². The third kappa shape index (κ3) is 4.55. The number of hydrogen-bond acceptors (Lipinski definition) is 5. The molecule has 1 heterocycles. The molecule has 0 N–H and O–H groups in total. The number of nitrogens with zero attached hydrogens (tertiary/aromatic N) is 1. The van der Waals surface area contributed by atoms with Crippen molar-refractivity contribution in [3.8, 4) is 0 Å². The van der Waals surface area contributed by atoms with Crippen LogP contribution in [-0.4, -0.2) is 43.1 Å². The van der Waals surface area contributed by atoms with Gasteiger partial charge < -0.3 is 9.47 Å². The smallest absolute Gasteiger partial charge is 0.327 e. The first-order valence-corrected chi connectivity index (χ1v) is 8.29. The van der Waals surface area contributed by atoms with E-state index >= 15 is 0 Å². The van der Waals surface area contributed by atoms with Crippen molar-refractivity contribution in [2.75, 3.05) is 26.3 Å². The van der Waals surface area contributed by atoms with Crippen LogP contribution in [0.1, 0.15) is 38.3 Å². The SMILES string of the molecule is CCOC(=O)C1CCN([C@@H](C(=O)OCC)c2ccccc2)CC1. The maximum absolute atomic E-state index is 12.4. The summed E-state index contributed by atoms with van der Waals surface area (Å²) in [6, 6.07) is 9.26. The molecule has 1 aromatic carbocycles. The minimum atomic E-state index is -0.403. The first kappa shape index (κ1) is 17.5. The molecule has 23 heavy (non-hydrogen) atoms. The van der Waals surface area contributed by atoms with E-state index in [-0.39, 0.29) is 17.9 Å². The lowest BCUT2D eigenvalue weighted by atomic mass is 9.94. The molecule has 5 heteroatoms. The van der Waals surface area contributed by atoms with Crippen LogP contribution >= 0.6 is 0 Å². The molecular weight excluding hydrogens is 294 g/mol. The number of likely N-dealkylation sites (tertiary alicyclic amines) is 1. The fraction of sp³-hybridized carbons (Fsp3) is 0.556. The molecule has 0 aromatic heterocycles.